The summed E-state index contributed by atoms with van der Waals surface area (Å²) in [5, 5.41) is 7.13. The second-order valence-electron chi connectivity index (χ2n) is 12.7. The van der Waals surface area contributed by atoms with Crippen LogP contribution < -0.4 is 30.9 Å². The molecule has 262 valence electrons. The predicted molar refractivity (Wildman–Crippen MR) is 185 cm³/mol. The Morgan fingerprint density at radius 3 is 2.39 bits per heavy atom. The number of methoxy groups -OCH3 is 2. The number of anilines is 2. The summed E-state index contributed by atoms with van der Waals surface area (Å²) in [5.74, 6) is -1.76. The summed E-state index contributed by atoms with van der Waals surface area (Å²) in [4.78, 5) is 69.2. The zero-order valence-electron chi connectivity index (χ0n) is 28.8. The lowest BCUT2D eigenvalue weighted by Crippen LogP contribution is -2.56. The van der Waals surface area contributed by atoms with Crippen molar-refractivity contribution in [3.05, 3.63) is 65.7 Å². The number of nitrogens with two attached hydrogens (primary N) is 1. The molecule has 0 bridgehead atoms. The molecule has 1 aliphatic rings. The van der Waals surface area contributed by atoms with E-state index in [2.05, 4.69) is 10.6 Å². The Bertz CT molecular complexity index is 1720. The van der Waals surface area contributed by atoms with Gasteiger partial charge < -0.3 is 35.1 Å². The quantitative estimate of drug-likeness (QED) is 0.243. The van der Waals surface area contributed by atoms with Crippen LogP contribution in [0.5, 0.6) is 5.75 Å². The first-order valence-electron chi connectivity index (χ1n) is 16.1. The smallest absolute Gasteiger partial charge is 0.337 e. The molecule has 1 aliphatic heterocycles. The Hall–Kier alpha value is -5.01. The van der Waals surface area contributed by atoms with Crippen LogP contribution in [0, 0.1) is 0 Å². The lowest BCUT2D eigenvalue weighted by atomic mass is 10.00. The van der Waals surface area contributed by atoms with Gasteiger partial charge in [0.25, 0.3) is 5.91 Å². The van der Waals surface area contributed by atoms with Gasteiger partial charge in [-0.1, -0.05) is 24.3 Å². The van der Waals surface area contributed by atoms with Gasteiger partial charge >= 0.3 is 11.9 Å². The van der Waals surface area contributed by atoms with Crippen LogP contribution in [0.4, 0.5) is 11.4 Å². The van der Waals surface area contributed by atoms with Crippen molar-refractivity contribution in [2.45, 2.75) is 64.8 Å². The highest BCUT2D eigenvalue weighted by Crippen LogP contribution is 2.37. The Kier molecular flexibility index (Phi) is 12.0. The van der Waals surface area contributed by atoms with Gasteiger partial charge in [-0.05, 0) is 81.8 Å². The summed E-state index contributed by atoms with van der Waals surface area (Å²) < 4.78 is 15.9. The van der Waals surface area contributed by atoms with E-state index in [0.29, 0.717) is 41.2 Å². The first kappa shape index (κ1) is 36.8. The van der Waals surface area contributed by atoms with E-state index in [9.17, 15) is 24.0 Å². The van der Waals surface area contributed by atoms with E-state index in [4.69, 9.17) is 19.9 Å². The summed E-state index contributed by atoms with van der Waals surface area (Å²) in [6.07, 6.45) is 0.589. The van der Waals surface area contributed by atoms with Crippen molar-refractivity contribution in [2.75, 3.05) is 43.7 Å². The number of para-hydroxylation sites is 2. The highest BCUT2D eigenvalue weighted by Gasteiger charge is 2.38. The van der Waals surface area contributed by atoms with Crippen molar-refractivity contribution in [3.63, 3.8) is 0 Å². The van der Waals surface area contributed by atoms with Crippen LogP contribution in [0.2, 0.25) is 0 Å². The molecule has 13 nitrogen and oxygen atoms in total. The Morgan fingerprint density at radius 2 is 1.73 bits per heavy atom. The summed E-state index contributed by atoms with van der Waals surface area (Å²) in [7, 11) is 2.84. The first-order chi connectivity index (χ1) is 23.3. The fourth-order valence-corrected chi connectivity index (χ4v) is 5.62. The number of hydrogen-bond donors (Lipinski definition) is 3. The van der Waals surface area contributed by atoms with Gasteiger partial charge in [0, 0.05) is 12.0 Å². The third-order valence-corrected chi connectivity index (χ3v) is 8.02. The lowest BCUT2D eigenvalue weighted by molar-refractivity contribution is -0.153. The third-order valence-electron chi connectivity index (χ3n) is 8.02. The van der Waals surface area contributed by atoms with E-state index in [0.717, 1.165) is 10.8 Å². The number of ether oxygens (including phenoxy) is 3. The minimum absolute atomic E-state index is 0.0115. The number of hydrogen-bond acceptors (Lipinski definition) is 10. The molecular weight excluding hydrogens is 630 g/mol. The average Bonchev–Trinajstić information content (AvgIpc) is 3.18. The number of nitrogens with one attached hydrogen (secondary N) is 2. The number of esters is 2. The monoisotopic (exact) mass is 675 g/mol. The number of rotatable bonds is 12. The van der Waals surface area contributed by atoms with E-state index in [-0.39, 0.29) is 32.0 Å². The molecule has 4 rings (SSSR count). The molecular formula is C36H45N5O8. The van der Waals surface area contributed by atoms with Gasteiger partial charge in [0.15, 0.2) is 0 Å². The number of nitrogens with zero attached hydrogens (tertiary/aromatic N) is 2. The summed E-state index contributed by atoms with van der Waals surface area (Å²) in [6, 6.07) is 13.7. The fourth-order valence-electron chi connectivity index (χ4n) is 5.62. The molecule has 0 fully saturated rings. The molecule has 0 unspecified atom stereocenters. The molecule has 0 saturated heterocycles. The Balaban J connectivity index is 1.73. The van der Waals surface area contributed by atoms with Gasteiger partial charge in [-0.2, -0.15) is 0 Å². The van der Waals surface area contributed by atoms with Gasteiger partial charge in [0.05, 0.1) is 56.8 Å². The molecule has 3 aromatic rings. The Labute approximate surface area is 286 Å². The van der Waals surface area contributed by atoms with Crippen molar-refractivity contribution in [3.8, 4) is 5.75 Å². The molecule has 0 radical (unpaired) electrons. The van der Waals surface area contributed by atoms with Crippen LogP contribution in [0.15, 0.2) is 54.6 Å². The van der Waals surface area contributed by atoms with Gasteiger partial charge in [-0.25, -0.2) is 4.79 Å². The van der Waals surface area contributed by atoms with E-state index in [1.807, 2.05) is 6.07 Å². The second kappa shape index (κ2) is 15.9. The summed E-state index contributed by atoms with van der Waals surface area (Å²) >= 11 is 0. The summed E-state index contributed by atoms with van der Waals surface area (Å²) in [6.45, 7) is 6.79. The van der Waals surface area contributed by atoms with Crippen molar-refractivity contribution in [2.24, 2.45) is 5.73 Å². The topological polar surface area (TPSA) is 170 Å². The number of carbonyl (C=O) groups is 5. The SMILES string of the molecule is COC(=O)c1ccc2c(CN3C(=O)[C@@H](NC(=O)[C@H](C)NCC(=O)OC(C)(C)C)CN(C(=O)CCCN)c4ccccc43)c(OC)ccc2c1. The van der Waals surface area contributed by atoms with Crippen molar-refractivity contribution in [1.29, 1.82) is 0 Å². The molecule has 49 heavy (non-hydrogen) atoms. The number of benzene rings is 3. The van der Waals surface area contributed by atoms with Gasteiger partial charge in [0.2, 0.25) is 11.8 Å². The second-order valence-corrected chi connectivity index (χ2v) is 12.7. The molecule has 13 heteroatoms. The van der Waals surface area contributed by atoms with Gasteiger partial charge in [-0.3, -0.25) is 24.5 Å². The maximum Gasteiger partial charge on any atom is 0.337 e. The van der Waals surface area contributed by atoms with Crippen LogP contribution >= 0.6 is 0 Å². The largest absolute Gasteiger partial charge is 0.496 e. The molecule has 0 aliphatic carbocycles. The van der Waals surface area contributed by atoms with Crippen LogP contribution in [0.3, 0.4) is 0 Å². The molecule has 0 spiro atoms. The molecule has 0 saturated carbocycles. The third kappa shape index (κ3) is 8.92. The average molecular weight is 676 g/mol. The van der Waals surface area contributed by atoms with Crippen molar-refractivity contribution >= 4 is 51.8 Å². The molecule has 1 heterocycles. The summed E-state index contributed by atoms with van der Waals surface area (Å²) in [5.41, 5.74) is 7.00. The predicted octanol–water partition coefficient (Wildman–Crippen LogP) is 3.06. The fraction of sp³-hybridized carbons (Fsp3) is 0.417. The molecule has 0 aromatic heterocycles. The van der Waals surface area contributed by atoms with E-state index < -0.39 is 41.4 Å². The maximum absolute atomic E-state index is 14.6. The first-order valence-corrected chi connectivity index (χ1v) is 16.1. The maximum atomic E-state index is 14.6. The van der Waals surface area contributed by atoms with Crippen LogP contribution in [0.25, 0.3) is 10.8 Å². The van der Waals surface area contributed by atoms with E-state index in [1.54, 1.807) is 76.2 Å². The Morgan fingerprint density at radius 1 is 1.02 bits per heavy atom. The normalized spacial score (nSPS) is 15.2. The van der Waals surface area contributed by atoms with Gasteiger partial charge in [0.1, 0.15) is 17.4 Å². The molecule has 4 N–H and O–H groups in total. The lowest BCUT2D eigenvalue weighted by Gasteiger charge is -2.27. The number of fused-ring (bicyclic) bond motifs is 2. The van der Waals surface area contributed by atoms with Gasteiger partial charge in [-0.15, -0.1) is 0 Å². The molecule has 3 aromatic carbocycles. The molecule has 3 amide bonds. The van der Waals surface area contributed by atoms with E-state index in [1.165, 1.54) is 24.0 Å². The van der Waals surface area contributed by atoms with Crippen molar-refractivity contribution < 1.29 is 38.2 Å². The highest BCUT2D eigenvalue weighted by molar-refractivity contribution is 6.08. The zero-order chi connectivity index (χ0) is 35.9. The van der Waals surface area contributed by atoms with Crippen LogP contribution in [-0.4, -0.2) is 81.2 Å². The highest BCUT2D eigenvalue weighted by atomic mass is 16.6. The standard InChI is InChI=1S/C36H45N5O8/c1-22(38-19-32(43)49-36(2,3)4)33(44)39-27-21-40(31(42)12-9-17-37)28-10-7-8-11-29(28)41(34(27)45)20-26-25-15-13-24(35(46)48-6)18-23(25)14-16-30(26)47-5/h7-8,10-11,13-16,18,22,27,38H,9,12,17,19-21,37H2,1-6H3,(H,39,44)/t22-,27-/m0/s1. The number of carbonyl (C=O) groups excluding carboxylic acids is 5. The number of amides is 3. The zero-order valence-corrected chi connectivity index (χ0v) is 28.8. The minimum atomic E-state index is -1.15. The van der Waals surface area contributed by atoms with Crippen LogP contribution in [0.1, 0.15) is 56.5 Å². The van der Waals surface area contributed by atoms with E-state index >= 15 is 0 Å². The minimum Gasteiger partial charge on any atom is -0.496 e. The molecule has 2 atom stereocenters. The van der Waals surface area contributed by atoms with Crippen LogP contribution in [-0.2, 0) is 35.2 Å². The van der Waals surface area contributed by atoms with Crippen molar-refractivity contribution in [1.82, 2.24) is 10.6 Å².